The summed E-state index contributed by atoms with van der Waals surface area (Å²) < 4.78 is 37.6. The number of alkyl halides is 3. The van der Waals surface area contributed by atoms with Crippen LogP contribution in [0.1, 0.15) is 25.6 Å². The van der Waals surface area contributed by atoms with Gasteiger partial charge in [0, 0.05) is 16.9 Å². The molecule has 0 bridgehead atoms. The van der Waals surface area contributed by atoms with Gasteiger partial charge < -0.3 is 10.6 Å². The molecule has 3 aromatic rings. The molecule has 0 radical (unpaired) electrons. The van der Waals surface area contributed by atoms with E-state index in [0.29, 0.717) is 16.1 Å². The molecule has 0 saturated carbocycles. The van der Waals surface area contributed by atoms with Crippen molar-refractivity contribution in [3.05, 3.63) is 82.0 Å². The summed E-state index contributed by atoms with van der Waals surface area (Å²) in [6, 6.07) is 13.8. The first kappa shape index (κ1) is 18.7. The fraction of sp³-hybridized carbons (Fsp3) is 0.0526. The number of halogens is 3. The molecule has 1 aromatic heterocycles. The van der Waals surface area contributed by atoms with Crippen LogP contribution in [0.5, 0.6) is 0 Å². The Morgan fingerprint density at radius 3 is 1.85 bits per heavy atom. The molecule has 3 rings (SSSR count). The average molecular weight is 390 g/mol. The van der Waals surface area contributed by atoms with Gasteiger partial charge in [-0.2, -0.15) is 13.2 Å². The molecule has 0 aliphatic carbocycles. The highest BCUT2D eigenvalue weighted by atomic mass is 32.1. The van der Waals surface area contributed by atoms with E-state index in [1.54, 1.807) is 29.6 Å². The number of anilines is 2. The van der Waals surface area contributed by atoms with E-state index < -0.39 is 17.6 Å². The molecule has 8 heteroatoms. The van der Waals surface area contributed by atoms with Crippen LogP contribution in [0.2, 0.25) is 0 Å². The topological polar surface area (TPSA) is 58.2 Å². The molecule has 0 unspecified atom stereocenters. The highest BCUT2D eigenvalue weighted by Gasteiger charge is 2.30. The number of carbonyl (C=O) groups is 2. The maximum Gasteiger partial charge on any atom is 0.416 e. The zero-order chi connectivity index (χ0) is 19.4. The van der Waals surface area contributed by atoms with Gasteiger partial charge in [-0.1, -0.05) is 6.07 Å². The lowest BCUT2D eigenvalue weighted by Crippen LogP contribution is -2.13. The molecule has 2 N–H and O–H groups in total. The minimum atomic E-state index is -4.42. The van der Waals surface area contributed by atoms with Gasteiger partial charge in [0.15, 0.2) is 0 Å². The Labute approximate surface area is 156 Å². The molecule has 4 nitrogen and oxygen atoms in total. The second-order valence-corrected chi connectivity index (χ2v) is 6.49. The number of nitrogens with one attached hydrogen (secondary N) is 2. The third kappa shape index (κ3) is 4.73. The summed E-state index contributed by atoms with van der Waals surface area (Å²) in [6.07, 6.45) is -4.42. The van der Waals surface area contributed by atoms with E-state index in [9.17, 15) is 22.8 Å². The first-order valence-corrected chi connectivity index (χ1v) is 8.64. The quantitative estimate of drug-likeness (QED) is 0.637. The van der Waals surface area contributed by atoms with Crippen LogP contribution in [-0.4, -0.2) is 11.8 Å². The Bertz CT molecular complexity index is 935. The summed E-state index contributed by atoms with van der Waals surface area (Å²) in [5.74, 6) is -0.710. The molecule has 0 aliphatic heterocycles. The summed E-state index contributed by atoms with van der Waals surface area (Å²) in [5.41, 5.74) is 0.304. The average Bonchev–Trinajstić information content (AvgIpc) is 3.17. The van der Waals surface area contributed by atoms with E-state index in [0.717, 1.165) is 12.1 Å². The van der Waals surface area contributed by atoms with Crippen LogP contribution < -0.4 is 10.6 Å². The Morgan fingerprint density at radius 1 is 0.778 bits per heavy atom. The van der Waals surface area contributed by atoms with Gasteiger partial charge in [-0.25, -0.2) is 0 Å². The van der Waals surface area contributed by atoms with Gasteiger partial charge in [0.05, 0.1) is 10.4 Å². The van der Waals surface area contributed by atoms with Crippen molar-refractivity contribution in [3.63, 3.8) is 0 Å². The number of hydrogen-bond acceptors (Lipinski definition) is 3. The SMILES string of the molecule is O=C(Nc1ccc(C(F)(F)F)cc1)c1ccc(NC(=O)c2cccs2)cc1. The third-order valence-electron chi connectivity index (χ3n) is 3.62. The minimum Gasteiger partial charge on any atom is -0.322 e. The van der Waals surface area contributed by atoms with E-state index in [1.807, 2.05) is 0 Å². The molecule has 0 fully saturated rings. The zero-order valence-electron chi connectivity index (χ0n) is 13.7. The lowest BCUT2D eigenvalue weighted by Gasteiger charge is -2.09. The Hall–Kier alpha value is -3.13. The molecule has 2 amide bonds. The molecule has 0 saturated heterocycles. The molecule has 0 atom stereocenters. The second kappa shape index (κ2) is 7.63. The molecule has 27 heavy (non-hydrogen) atoms. The monoisotopic (exact) mass is 390 g/mol. The van der Waals surface area contributed by atoms with Gasteiger partial charge in [-0.15, -0.1) is 11.3 Å². The van der Waals surface area contributed by atoms with Crippen molar-refractivity contribution in [2.45, 2.75) is 6.18 Å². The maximum absolute atomic E-state index is 12.5. The van der Waals surface area contributed by atoms with Crippen molar-refractivity contribution in [1.82, 2.24) is 0 Å². The van der Waals surface area contributed by atoms with Gasteiger partial charge in [-0.05, 0) is 60.0 Å². The van der Waals surface area contributed by atoms with E-state index in [2.05, 4.69) is 10.6 Å². The van der Waals surface area contributed by atoms with Crippen LogP contribution in [0.4, 0.5) is 24.5 Å². The van der Waals surface area contributed by atoms with Crippen molar-refractivity contribution in [3.8, 4) is 0 Å². The number of carbonyl (C=O) groups excluding carboxylic acids is 2. The summed E-state index contributed by atoms with van der Waals surface area (Å²) in [4.78, 5) is 24.7. The molecular weight excluding hydrogens is 377 g/mol. The highest BCUT2D eigenvalue weighted by molar-refractivity contribution is 7.12. The van der Waals surface area contributed by atoms with Crippen LogP contribution in [0.25, 0.3) is 0 Å². The summed E-state index contributed by atoms with van der Waals surface area (Å²) in [7, 11) is 0. The Kier molecular flexibility index (Phi) is 5.27. The predicted octanol–water partition coefficient (Wildman–Crippen LogP) is 5.27. The Balaban J connectivity index is 1.63. The largest absolute Gasteiger partial charge is 0.416 e. The van der Waals surface area contributed by atoms with Gasteiger partial charge in [0.25, 0.3) is 11.8 Å². The van der Waals surface area contributed by atoms with Crippen LogP contribution in [-0.2, 0) is 6.18 Å². The van der Waals surface area contributed by atoms with Crippen molar-refractivity contribution in [1.29, 1.82) is 0 Å². The summed E-state index contributed by atoms with van der Waals surface area (Å²) in [5, 5.41) is 7.04. The molecule has 2 aromatic carbocycles. The van der Waals surface area contributed by atoms with E-state index in [1.165, 1.54) is 35.6 Å². The van der Waals surface area contributed by atoms with Gasteiger partial charge in [-0.3, -0.25) is 9.59 Å². The first-order valence-electron chi connectivity index (χ1n) is 7.76. The molecular formula is C19H13F3N2O2S. The van der Waals surface area contributed by atoms with Crippen molar-refractivity contribution < 1.29 is 22.8 Å². The van der Waals surface area contributed by atoms with Crippen LogP contribution in [0.3, 0.4) is 0 Å². The molecule has 1 heterocycles. The van der Waals surface area contributed by atoms with Gasteiger partial charge >= 0.3 is 6.18 Å². The standard InChI is InChI=1S/C19H13F3N2O2S/c20-19(21,22)13-5-9-15(10-6-13)23-17(25)12-3-7-14(8-4-12)24-18(26)16-2-1-11-27-16/h1-11H,(H,23,25)(H,24,26). The van der Waals surface area contributed by atoms with E-state index >= 15 is 0 Å². The predicted molar refractivity (Wildman–Crippen MR) is 98.1 cm³/mol. The normalized spacial score (nSPS) is 11.1. The number of benzene rings is 2. The zero-order valence-corrected chi connectivity index (χ0v) is 14.5. The van der Waals surface area contributed by atoms with Crippen molar-refractivity contribution in [2.75, 3.05) is 10.6 Å². The number of hydrogen-bond donors (Lipinski definition) is 2. The maximum atomic E-state index is 12.5. The smallest absolute Gasteiger partial charge is 0.322 e. The third-order valence-corrected chi connectivity index (χ3v) is 4.49. The number of rotatable bonds is 4. The minimum absolute atomic E-state index is 0.244. The van der Waals surface area contributed by atoms with Crippen LogP contribution in [0, 0.1) is 0 Å². The molecule has 138 valence electrons. The molecule has 0 spiro atoms. The second-order valence-electron chi connectivity index (χ2n) is 5.54. The number of amides is 2. The summed E-state index contributed by atoms with van der Waals surface area (Å²) >= 11 is 1.32. The van der Waals surface area contributed by atoms with Crippen molar-refractivity contribution >= 4 is 34.5 Å². The fourth-order valence-corrected chi connectivity index (χ4v) is 2.87. The summed E-state index contributed by atoms with van der Waals surface area (Å²) in [6.45, 7) is 0. The van der Waals surface area contributed by atoms with Crippen LogP contribution >= 0.6 is 11.3 Å². The van der Waals surface area contributed by atoms with Gasteiger partial charge in [0.1, 0.15) is 0 Å². The van der Waals surface area contributed by atoms with Crippen LogP contribution in [0.15, 0.2) is 66.0 Å². The Morgan fingerprint density at radius 2 is 1.33 bits per heavy atom. The first-order chi connectivity index (χ1) is 12.8. The van der Waals surface area contributed by atoms with E-state index in [4.69, 9.17) is 0 Å². The molecule has 0 aliphatic rings. The fourth-order valence-electron chi connectivity index (χ4n) is 2.25. The number of thiophene rings is 1. The highest BCUT2D eigenvalue weighted by Crippen LogP contribution is 2.29. The lowest BCUT2D eigenvalue weighted by atomic mass is 10.1. The van der Waals surface area contributed by atoms with E-state index in [-0.39, 0.29) is 11.6 Å². The van der Waals surface area contributed by atoms with Crippen molar-refractivity contribution in [2.24, 2.45) is 0 Å². The van der Waals surface area contributed by atoms with Gasteiger partial charge in [0.2, 0.25) is 0 Å². The lowest BCUT2D eigenvalue weighted by molar-refractivity contribution is -0.137.